The van der Waals surface area contributed by atoms with E-state index < -0.39 is 10.0 Å². The normalized spacial score (nSPS) is 29.8. The second-order valence-electron chi connectivity index (χ2n) is 6.14. The molecule has 0 radical (unpaired) electrons. The van der Waals surface area contributed by atoms with E-state index in [2.05, 4.69) is 0 Å². The highest BCUT2D eigenvalue weighted by Crippen LogP contribution is 2.39. The lowest BCUT2D eigenvalue weighted by Crippen LogP contribution is -2.47. The van der Waals surface area contributed by atoms with Crippen LogP contribution in [0.25, 0.3) is 0 Å². The van der Waals surface area contributed by atoms with Crippen molar-refractivity contribution < 1.29 is 13.5 Å². The Bertz CT molecular complexity index is 630. The number of aliphatic hydroxyl groups is 1. The molecular formula is C15H22N2O3S. The second-order valence-corrected chi connectivity index (χ2v) is 7.98. The summed E-state index contributed by atoms with van der Waals surface area (Å²) < 4.78 is 27.5. The van der Waals surface area contributed by atoms with Gasteiger partial charge in [0.15, 0.2) is 0 Å². The lowest BCUT2D eigenvalue weighted by molar-refractivity contribution is 0.0769. The van der Waals surface area contributed by atoms with Crippen LogP contribution in [0.1, 0.15) is 36.8 Å². The molecule has 2 heterocycles. The van der Waals surface area contributed by atoms with E-state index in [9.17, 15) is 13.5 Å². The summed E-state index contributed by atoms with van der Waals surface area (Å²) in [4.78, 5) is 0.338. The molecule has 2 unspecified atom stereocenters. The molecule has 2 aliphatic rings. The molecule has 3 N–H and O–H groups in total. The zero-order valence-corrected chi connectivity index (χ0v) is 13.0. The van der Waals surface area contributed by atoms with Crippen LogP contribution in [0.3, 0.4) is 0 Å². The molecule has 6 heteroatoms. The largest absolute Gasteiger partial charge is 0.393 e. The van der Waals surface area contributed by atoms with E-state index >= 15 is 0 Å². The van der Waals surface area contributed by atoms with Crippen LogP contribution in [0.4, 0.5) is 0 Å². The Balaban J connectivity index is 1.96. The van der Waals surface area contributed by atoms with E-state index in [1.165, 1.54) is 0 Å². The van der Waals surface area contributed by atoms with Crippen molar-refractivity contribution in [1.82, 2.24) is 4.31 Å². The number of rotatable bonds is 3. The maximum atomic E-state index is 12.9. The van der Waals surface area contributed by atoms with Crippen LogP contribution in [-0.2, 0) is 16.6 Å². The standard InChI is InChI=1S/C15H22N2O3S/c1-10-6-15(5-2-11(10)9-16)21(19,20)17-12-3-4-13(17)8-14(18)7-12/h2,5-6,12-14,18H,3-4,7-9,16H2,1H3. The quantitative estimate of drug-likeness (QED) is 0.876. The van der Waals surface area contributed by atoms with Gasteiger partial charge in [-0.2, -0.15) is 4.31 Å². The maximum Gasteiger partial charge on any atom is 0.243 e. The van der Waals surface area contributed by atoms with Crippen molar-refractivity contribution in [3.8, 4) is 0 Å². The fourth-order valence-electron chi connectivity index (χ4n) is 3.68. The third-order valence-corrected chi connectivity index (χ3v) is 6.75. The van der Waals surface area contributed by atoms with Gasteiger partial charge in [-0.25, -0.2) is 8.42 Å². The number of hydrogen-bond donors (Lipinski definition) is 2. The summed E-state index contributed by atoms with van der Waals surface area (Å²) in [6.45, 7) is 2.29. The average molecular weight is 310 g/mol. The molecular weight excluding hydrogens is 288 g/mol. The van der Waals surface area contributed by atoms with E-state index in [1.54, 1.807) is 22.5 Å². The number of benzene rings is 1. The Morgan fingerprint density at radius 3 is 2.43 bits per heavy atom. The van der Waals surface area contributed by atoms with E-state index in [0.29, 0.717) is 24.3 Å². The third kappa shape index (κ3) is 2.50. The predicted molar refractivity (Wildman–Crippen MR) is 80.1 cm³/mol. The monoisotopic (exact) mass is 310 g/mol. The van der Waals surface area contributed by atoms with Gasteiger partial charge in [0.25, 0.3) is 0 Å². The smallest absolute Gasteiger partial charge is 0.243 e. The number of nitrogens with zero attached hydrogens (tertiary/aromatic N) is 1. The van der Waals surface area contributed by atoms with E-state index in [1.807, 2.05) is 6.92 Å². The van der Waals surface area contributed by atoms with Crippen molar-refractivity contribution in [2.75, 3.05) is 0 Å². The molecule has 21 heavy (non-hydrogen) atoms. The van der Waals surface area contributed by atoms with Gasteiger partial charge in [-0.15, -0.1) is 0 Å². The molecule has 5 nitrogen and oxygen atoms in total. The summed E-state index contributed by atoms with van der Waals surface area (Å²) >= 11 is 0. The summed E-state index contributed by atoms with van der Waals surface area (Å²) in [5.41, 5.74) is 7.50. The molecule has 0 spiro atoms. The van der Waals surface area contributed by atoms with E-state index in [4.69, 9.17) is 5.73 Å². The molecule has 0 aromatic heterocycles. The van der Waals surface area contributed by atoms with Crippen LogP contribution in [0, 0.1) is 6.92 Å². The van der Waals surface area contributed by atoms with E-state index in [0.717, 1.165) is 24.0 Å². The molecule has 2 saturated heterocycles. The predicted octanol–water partition coefficient (Wildman–Crippen LogP) is 1.13. The van der Waals surface area contributed by atoms with Crippen molar-refractivity contribution >= 4 is 10.0 Å². The molecule has 116 valence electrons. The summed E-state index contributed by atoms with van der Waals surface area (Å²) in [6, 6.07) is 5.04. The summed E-state index contributed by atoms with van der Waals surface area (Å²) in [7, 11) is -3.49. The highest BCUT2D eigenvalue weighted by molar-refractivity contribution is 7.89. The zero-order chi connectivity index (χ0) is 15.2. The number of piperidine rings is 1. The molecule has 2 fully saturated rings. The van der Waals surface area contributed by atoms with Gasteiger partial charge in [-0.05, 0) is 55.9 Å². The molecule has 2 aliphatic heterocycles. The first-order chi connectivity index (χ1) is 9.93. The fourth-order valence-corrected chi connectivity index (χ4v) is 5.65. The highest BCUT2D eigenvalue weighted by atomic mass is 32.2. The SMILES string of the molecule is Cc1cc(S(=O)(=O)N2C3CCC2CC(O)C3)ccc1CN. The zero-order valence-electron chi connectivity index (χ0n) is 12.2. The molecule has 0 amide bonds. The van der Waals surface area contributed by atoms with Crippen molar-refractivity contribution in [1.29, 1.82) is 0 Å². The van der Waals surface area contributed by atoms with Gasteiger partial charge in [0.05, 0.1) is 11.0 Å². The van der Waals surface area contributed by atoms with Crippen LogP contribution in [0.5, 0.6) is 0 Å². The minimum Gasteiger partial charge on any atom is -0.393 e. The number of nitrogens with two attached hydrogens (primary N) is 1. The summed E-state index contributed by atoms with van der Waals surface area (Å²) in [5.74, 6) is 0. The fraction of sp³-hybridized carbons (Fsp3) is 0.600. The summed E-state index contributed by atoms with van der Waals surface area (Å²) in [6.07, 6.45) is 2.43. The number of hydrogen-bond acceptors (Lipinski definition) is 4. The van der Waals surface area contributed by atoms with Crippen molar-refractivity contribution in [2.45, 2.75) is 62.2 Å². The van der Waals surface area contributed by atoms with Crippen molar-refractivity contribution in [2.24, 2.45) is 5.73 Å². The minimum atomic E-state index is -3.49. The Labute approximate surface area is 125 Å². The molecule has 1 aromatic carbocycles. The Morgan fingerprint density at radius 2 is 1.90 bits per heavy atom. The average Bonchev–Trinajstić information content (AvgIpc) is 2.72. The molecule has 2 bridgehead atoms. The minimum absolute atomic E-state index is 0.0572. The van der Waals surface area contributed by atoms with E-state index in [-0.39, 0.29) is 18.2 Å². The molecule has 3 rings (SSSR count). The number of fused-ring (bicyclic) bond motifs is 2. The number of aliphatic hydroxyl groups excluding tert-OH is 1. The van der Waals surface area contributed by atoms with Crippen molar-refractivity contribution in [3.05, 3.63) is 29.3 Å². The van der Waals surface area contributed by atoms with Crippen molar-refractivity contribution in [3.63, 3.8) is 0 Å². The Morgan fingerprint density at radius 1 is 1.29 bits per heavy atom. The van der Waals surface area contributed by atoms with Gasteiger partial charge in [-0.1, -0.05) is 6.07 Å². The lowest BCUT2D eigenvalue weighted by atomic mass is 10.0. The molecule has 0 saturated carbocycles. The van der Waals surface area contributed by atoms with Gasteiger partial charge in [0.2, 0.25) is 10.0 Å². The first kappa shape index (κ1) is 15.0. The van der Waals surface area contributed by atoms with Crippen LogP contribution in [0.2, 0.25) is 0 Å². The highest BCUT2D eigenvalue weighted by Gasteiger charge is 2.46. The van der Waals surface area contributed by atoms with Crippen LogP contribution in [-0.4, -0.2) is 36.0 Å². The first-order valence-corrected chi connectivity index (χ1v) is 8.88. The topological polar surface area (TPSA) is 83.6 Å². The van der Waals surface area contributed by atoms with Gasteiger partial charge < -0.3 is 10.8 Å². The number of aryl methyl sites for hydroxylation is 1. The van der Waals surface area contributed by atoms with Gasteiger partial charge >= 0.3 is 0 Å². The molecule has 1 aromatic rings. The van der Waals surface area contributed by atoms with Crippen LogP contribution < -0.4 is 5.73 Å². The van der Waals surface area contributed by atoms with Crippen LogP contribution >= 0.6 is 0 Å². The third-order valence-electron chi connectivity index (χ3n) is 4.75. The van der Waals surface area contributed by atoms with Gasteiger partial charge in [0.1, 0.15) is 0 Å². The van der Waals surface area contributed by atoms with Gasteiger partial charge in [-0.3, -0.25) is 0 Å². The van der Waals surface area contributed by atoms with Gasteiger partial charge in [0, 0.05) is 18.6 Å². The number of sulfonamides is 1. The lowest BCUT2D eigenvalue weighted by Gasteiger charge is -2.36. The van der Waals surface area contributed by atoms with Crippen LogP contribution in [0.15, 0.2) is 23.1 Å². The Kier molecular flexibility index (Phi) is 3.81. The molecule has 0 aliphatic carbocycles. The molecule has 2 atom stereocenters. The summed E-state index contributed by atoms with van der Waals surface area (Å²) in [5, 5.41) is 9.82. The Hall–Kier alpha value is -0.950. The second kappa shape index (κ2) is 5.35. The first-order valence-electron chi connectivity index (χ1n) is 7.44. The maximum absolute atomic E-state index is 12.9.